The molecule has 0 heterocycles. The van der Waals surface area contributed by atoms with Crippen LogP contribution in [0.4, 0.5) is 11.7 Å². The highest BCUT2D eigenvalue weighted by molar-refractivity contribution is 8.21. The van der Waals surface area contributed by atoms with Crippen LogP contribution < -0.4 is 0 Å². The van der Waals surface area contributed by atoms with E-state index in [-0.39, 0.29) is 0 Å². The van der Waals surface area contributed by atoms with E-state index in [2.05, 4.69) is 0 Å². The molecule has 1 aliphatic carbocycles. The van der Waals surface area contributed by atoms with Crippen molar-refractivity contribution in [3.63, 3.8) is 0 Å². The molecule has 4 heteroatoms. The quantitative estimate of drug-likeness (QED) is 0.564. The van der Waals surface area contributed by atoms with Crippen molar-refractivity contribution in [1.29, 1.82) is 0 Å². The second kappa shape index (κ2) is 3.03. The minimum atomic E-state index is -4.73. The molecule has 0 spiro atoms. The Morgan fingerprint density at radius 3 is 1.70 bits per heavy atom. The Labute approximate surface area is 61.0 Å². The zero-order valence-electron chi connectivity index (χ0n) is 5.66. The largest absolute Gasteiger partial charge is 0.211 e. The highest BCUT2D eigenvalue weighted by atomic mass is 32.3. The summed E-state index contributed by atoms with van der Waals surface area (Å²) in [7, 11) is 0. The minimum Gasteiger partial charge on any atom is -0.125 e. The van der Waals surface area contributed by atoms with Gasteiger partial charge in [-0.25, -0.2) is 0 Å². The van der Waals surface area contributed by atoms with Crippen LogP contribution in [-0.2, 0) is 0 Å². The fourth-order valence-corrected chi connectivity index (χ4v) is 2.20. The van der Waals surface area contributed by atoms with E-state index >= 15 is 0 Å². The molecular formula is C6H11F3S. The zero-order valence-corrected chi connectivity index (χ0v) is 6.47. The third-order valence-electron chi connectivity index (χ3n) is 1.93. The summed E-state index contributed by atoms with van der Waals surface area (Å²) in [5.41, 5.74) is 0. The maximum Gasteiger partial charge on any atom is 0.211 e. The van der Waals surface area contributed by atoms with Crippen LogP contribution in [0.3, 0.4) is 0 Å². The fourth-order valence-electron chi connectivity index (χ4n) is 1.33. The van der Waals surface area contributed by atoms with E-state index in [0.717, 1.165) is 19.3 Å². The second-order valence-corrected chi connectivity index (χ2v) is 4.25. The lowest BCUT2D eigenvalue weighted by Gasteiger charge is -2.25. The third-order valence-corrected chi connectivity index (χ3v) is 3.16. The van der Waals surface area contributed by atoms with Gasteiger partial charge in [-0.05, 0) is 12.8 Å². The van der Waals surface area contributed by atoms with Gasteiger partial charge in [0.15, 0.2) is 0 Å². The average Bonchev–Trinajstić information content (AvgIpc) is 1.88. The number of halogens is 3. The number of rotatable bonds is 1. The highest BCUT2D eigenvalue weighted by Crippen LogP contribution is 2.61. The minimum absolute atomic E-state index is 0.388. The van der Waals surface area contributed by atoms with Crippen molar-refractivity contribution >= 4 is 11.2 Å². The van der Waals surface area contributed by atoms with E-state index in [1.807, 2.05) is 0 Å². The van der Waals surface area contributed by atoms with Gasteiger partial charge >= 0.3 is 0 Å². The van der Waals surface area contributed by atoms with Crippen LogP contribution in [0.25, 0.3) is 0 Å². The van der Waals surface area contributed by atoms with Crippen molar-refractivity contribution in [3.05, 3.63) is 0 Å². The molecule has 0 aliphatic heterocycles. The van der Waals surface area contributed by atoms with Gasteiger partial charge < -0.3 is 0 Å². The molecule has 0 nitrogen and oxygen atoms in total. The van der Waals surface area contributed by atoms with E-state index in [1.165, 1.54) is 0 Å². The Balaban J connectivity index is 2.39. The second-order valence-electron chi connectivity index (χ2n) is 2.70. The molecule has 0 radical (unpaired) electrons. The summed E-state index contributed by atoms with van der Waals surface area (Å²) in [6, 6.07) is 0. The molecule has 0 aromatic rings. The summed E-state index contributed by atoms with van der Waals surface area (Å²) < 4.78 is 36.1. The summed E-state index contributed by atoms with van der Waals surface area (Å²) >= 11 is -4.73. The first-order chi connectivity index (χ1) is 4.61. The van der Waals surface area contributed by atoms with Crippen molar-refractivity contribution in [2.75, 3.05) is 0 Å². The molecular weight excluding hydrogens is 161 g/mol. The van der Waals surface area contributed by atoms with E-state index in [9.17, 15) is 11.7 Å². The number of hydrogen-bond donors (Lipinski definition) is 0. The number of hydrogen-bond acceptors (Lipinski definition) is 0. The van der Waals surface area contributed by atoms with Crippen LogP contribution in [0.5, 0.6) is 0 Å². The molecule has 0 aromatic heterocycles. The summed E-state index contributed by atoms with van der Waals surface area (Å²) in [5, 5.41) is -0.916. The Hall–Kier alpha value is 0.140. The summed E-state index contributed by atoms with van der Waals surface area (Å²) in [6.45, 7) is 0. The van der Waals surface area contributed by atoms with Gasteiger partial charge in [-0.15, -0.1) is 11.7 Å². The van der Waals surface area contributed by atoms with Crippen LogP contribution >= 0.6 is 11.2 Å². The predicted octanol–water partition coefficient (Wildman–Crippen LogP) is 3.78. The first-order valence-electron chi connectivity index (χ1n) is 3.52. The molecule has 0 unspecified atom stereocenters. The van der Waals surface area contributed by atoms with Crippen LogP contribution in [0.15, 0.2) is 0 Å². The van der Waals surface area contributed by atoms with Gasteiger partial charge in [0.25, 0.3) is 0 Å². The Bertz CT molecular complexity index is 104. The molecule has 0 amide bonds. The maximum atomic E-state index is 12.0. The molecule has 10 heavy (non-hydrogen) atoms. The summed E-state index contributed by atoms with van der Waals surface area (Å²) in [4.78, 5) is 0. The van der Waals surface area contributed by atoms with Crippen LogP contribution in [0.2, 0.25) is 0 Å². The van der Waals surface area contributed by atoms with Crippen molar-refractivity contribution in [3.8, 4) is 0 Å². The topological polar surface area (TPSA) is 0 Å². The lowest BCUT2D eigenvalue weighted by molar-refractivity contribution is 0.471. The molecule has 0 saturated heterocycles. The Morgan fingerprint density at radius 2 is 1.40 bits per heavy atom. The van der Waals surface area contributed by atoms with Gasteiger partial charge in [0.05, 0.1) is 5.25 Å². The molecule has 0 aromatic carbocycles. The first kappa shape index (κ1) is 8.24. The van der Waals surface area contributed by atoms with Crippen molar-refractivity contribution in [2.45, 2.75) is 37.4 Å². The van der Waals surface area contributed by atoms with Crippen LogP contribution in [-0.4, -0.2) is 5.25 Å². The van der Waals surface area contributed by atoms with Crippen molar-refractivity contribution in [2.24, 2.45) is 0 Å². The molecule has 1 fully saturated rings. The van der Waals surface area contributed by atoms with Gasteiger partial charge in [-0.2, -0.15) is 0 Å². The third kappa shape index (κ3) is 2.08. The molecule has 1 aliphatic rings. The normalized spacial score (nSPS) is 24.7. The molecule has 0 bridgehead atoms. The first-order valence-corrected chi connectivity index (χ1v) is 4.91. The summed E-state index contributed by atoms with van der Waals surface area (Å²) in [5.74, 6) is 0. The monoisotopic (exact) mass is 172 g/mol. The van der Waals surface area contributed by atoms with E-state index in [0.29, 0.717) is 12.8 Å². The molecule has 0 atom stereocenters. The molecule has 0 N–H and O–H groups in total. The van der Waals surface area contributed by atoms with E-state index in [4.69, 9.17) is 0 Å². The Morgan fingerprint density at radius 1 is 0.900 bits per heavy atom. The van der Waals surface area contributed by atoms with Crippen LogP contribution in [0, 0.1) is 0 Å². The molecule has 1 saturated carbocycles. The van der Waals surface area contributed by atoms with Gasteiger partial charge in [-0.3, -0.25) is 0 Å². The highest BCUT2D eigenvalue weighted by Gasteiger charge is 2.34. The van der Waals surface area contributed by atoms with Gasteiger partial charge in [0, 0.05) is 0 Å². The molecule has 1 rings (SSSR count). The zero-order chi connectivity index (χ0) is 7.61. The van der Waals surface area contributed by atoms with E-state index in [1.54, 1.807) is 0 Å². The standard InChI is InChI=1S/C6H11F3S/c7-10(8,9)6-4-2-1-3-5-6/h6H,1-5H2. The lowest BCUT2D eigenvalue weighted by Crippen LogP contribution is -2.12. The Kier molecular flexibility index (Phi) is 2.50. The van der Waals surface area contributed by atoms with Gasteiger partial charge in [0.1, 0.15) is 0 Å². The van der Waals surface area contributed by atoms with Gasteiger partial charge in [-0.1, -0.05) is 19.3 Å². The van der Waals surface area contributed by atoms with Crippen LogP contribution in [0.1, 0.15) is 32.1 Å². The molecule has 62 valence electrons. The van der Waals surface area contributed by atoms with Gasteiger partial charge in [0.2, 0.25) is 11.2 Å². The average molecular weight is 172 g/mol. The maximum absolute atomic E-state index is 12.0. The lowest BCUT2D eigenvalue weighted by atomic mass is 10.0. The fraction of sp³-hybridized carbons (Fsp3) is 1.00. The summed E-state index contributed by atoms with van der Waals surface area (Å²) in [6.07, 6.45) is 3.32. The SMILES string of the molecule is FS(F)(F)C1CCCCC1. The van der Waals surface area contributed by atoms with Crippen molar-refractivity contribution < 1.29 is 11.7 Å². The smallest absolute Gasteiger partial charge is 0.125 e. The predicted molar refractivity (Wildman–Crippen MR) is 37.8 cm³/mol. The van der Waals surface area contributed by atoms with E-state index < -0.39 is 16.4 Å². The van der Waals surface area contributed by atoms with Crippen molar-refractivity contribution in [1.82, 2.24) is 0 Å².